The summed E-state index contributed by atoms with van der Waals surface area (Å²) in [4.78, 5) is 12.0. The number of carbonyl (C=O) groups is 1. The molecule has 1 saturated heterocycles. The Morgan fingerprint density at radius 2 is 1.94 bits per heavy atom. The topological polar surface area (TPSA) is 41.1 Å². The van der Waals surface area contributed by atoms with Crippen molar-refractivity contribution in [2.45, 2.75) is 31.3 Å². The highest BCUT2D eigenvalue weighted by atomic mass is 19.1. The summed E-state index contributed by atoms with van der Waals surface area (Å²) in [7, 11) is 0. The maximum absolute atomic E-state index is 12.9. The number of halogens is 1. The average molecular weight is 234 g/mol. The first kappa shape index (κ1) is 10.9. The van der Waals surface area contributed by atoms with E-state index in [1.54, 1.807) is 12.1 Å². The van der Waals surface area contributed by atoms with Gasteiger partial charge in [0.25, 0.3) is 0 Å². The summed E-state index contributed by atoms with van der Waals surface area (Å²) in [6, 6.07) is 6.59. The van der Waals surface area contributed by atoms with Crippen molar-refractivity contribution in [1.29, 1.82) is 0 Å². The Bertz CT molecular complexity index is 432. The fourth-order valence-electron chi connectivity index (χ4n) is 2.89. The molecule has 0 aromatic heterocycles. The number of fused-ring (bicyclic) bond motifs is 1. The van der Waals surface area contributed by atoms with E-state index < -0.39 is 0 Å². The number of Topliss-reactive ketones (excluding diaryl/α,β-unsaturated/α-hetero) is 1. The number of hydrazine groups is 1. The molecule has 4 heteroatoms. The van der Waals surface area contributed by atoms with Crippen LogP contribution in [0.5, 0.6) is 0 Å². The zero-order valence-electron chi connectivity index (χ0n) is 9.45. The van der Waals surface area contributed by atoms with E-state index in [4.69, 9.17) is 0 Å². The van der Waals surface area contributed by atoms with Crippen molar-refractivity contribution in [2.24, 2.45) is 5.92 Å². The Labute approximate surface area is 99.4 Å². The quantitative estimate of drug-likeness (QED) is 0.777. The Kier molecular flexibility index (Phi) is 2.68. The highest BCUT2D eigenvalue weighted by Gasteiger charge is 2.42. The van der Waals surface area contributed by atoms with E-state index in [0.717, 1.165) is 18.4 Å². The molecule has 3 nitrogen and oxygen atoms in total. The fraction of sp³-hybridized carbons (Fsp3) is 0.462. The van der Waals surface area contributed by atoms with Crippen LogP contribution in [0.25, 0.3) is 0 Å². The molecule has 90 valence electrons. The minimum Gasteiger partial charge on any atom is -0.299 e. The molecule has 1 aromatic rings. The van der Waals surface area contributed by atoms with Crippen molar-refractivity contribution in [1.82, 2.24) is 10.9 Å². The van der Waals surface area contributed by atoms with Gasteiger partial charge in [0.05, 0.1) is 12.0 Å². The summed E-state index contributed by atoms with van der Waals surface area (Å²) in [5, 5.41) is 0. The Morgan fingerprint density at radius 1 is 1.18 bits per heavy atom. The van der Waals surface area contributed by atoms with Gasteiger partial charge in [-0.3, -0.25) is 10.2 Å². The number of benzene rings is 1. The molecule has 1 aliphatic heterocycles. The normalized spacial score (nSPS) is 32.5. The van der Waals surface area contributed by atoms with Crippen LogP contribution in [0.2, 0.25) is 0 Å². The number of carbonyl (C=O) groups excluding carboxylic acids is 1. The number of hydrogen-bond donors (Lipinski definition) is 2. The second kappa shape index (κ2) is 4.20. The molecule has 2 N–H and O–H groups in total. The lowest BCUT2D eigenvalue weighted by molar-refractivity contribution is -0.125. The number of hydrogen-bond acceptors (Lipinski definition) is 3. The van der Waals surface area contributed by atoms with Crippen LogP contribution in [0.4, 0.5) is 4.39 Å². The van der Waals surface area contributed by atoms with Crippen LogP contribution in [0.1, 0.15) is 30.9 Å². The van der Waals surface area contributed by atoms with E-state index in [1.165, 1.54) is 12.1 Å². The van der Waals surface area contributed by atoms with Crippen molar-refractivity contribution in [3.05, 3.63) is 35.6 Å². The van der Waals surface area contributed by atoms with Gasteiger partial charge in [0.2, 0.25) is 0 Å². The molecule has 1 heterocycles. The molecule has 3 atom stereocenters. The number of nitrogens with one attached hydrogen (secondary N) is 2. The van der Waals surface area contributed by atoms with Gasteiger partial charge in [-0.15, -0.1) is 0 Å². The van der Waals surface area contributed by atoms with E-state index in [9.17, 15) is 9.18 Å². The van der Waals surface area contributed by atoms with Gasteiger partial charge in [0, 0.05) is 12.5 Å². The van der Waals surface area contributed by atoms with E-state index in [0.29, 0.717) is 12.2 Å². The van der Waals surface area contributed by atoms with Gasteiger partial charge in [-0.05, 0) is 30.5 Å². The van der Waals surface area contributed by atoms with E-state index in [2.05, 4.69) is 10.9 Å². The van der Waals surface area contributed by atoms with Gasteiger partial charge < -0.3 is 0 Å². The molecular weight excluding hydrogens is 219 g/mol. The van der Waals surface area contributed by atoms with E-state index in [1.807, 2.05) is 0 Å². The summed E-state index contributed by atoms with van der Waals surface area (Å²) < 4.78 is 12.9. The van der Waals surface area contributed by atoms with Gasteiger partial charge in [-0.2, -0.15) is 0 Å². The predicted molar refractivity (Wildman–Crippen MR) is 61.5 cm³/mol. The molecule has 0 radical (unpaired) electrons. The third kappa shape index (κ3) is 1.87. The Hall–Kier alpha value is -1.26. The van der Waals surface area contributed by atoms with Gasteiger partial charge in [0.1, 0.15) is 11.6 Å². The SMILES string of the molecule is O=C1CCCC2NNC(c3ccc(F)cc3)C12. The van der Waals surface area contributed by atoms with Crippen molar-refractivity contribution < 1.29 is 9.18 Å². The van der Waals surface area contributed by atoms with Gasteiger partial charge in [-0.25, -0.2) is 9.82 Å². The third-order valence-corrected chi connectivity index (χ3v) is 3.76. The first-order valence-corrected chi connectivity index (χ1v) is 6.05. The van der Waals surface area contributed by atoms with Crippen LogP contribution in [0.3, 0.4) is 0 Å². The average Bonchev–Trinajstić information content (AvgIpc) is 2.75. The van der Waals surface area contributed by atoms with Gasteiger partial charge in [0.15, 0.2) is 0 Å². The van der Waals surface area contributed by atoms with Crippen LogP contribution < -0.4 is 10.9 Å². The minimum absolute atomic E-state index is 0.00536. The first-order chi connectivity index (χ1) is 8.25. The summed E-state index contributed by atoms with van der Waals surface area (Å²) in [5.41, 5.74) is 7.33. The molecule has 17 heavy (non-hydrogen) atoms. The molecule has 2 aliphatic rings. The third-order valence-electron chi connectivity index (χ3n) is 3.76. The number of ketones is 1. The van der Waals surface area contributed by atoms with Gasteiger partial charge in [-0.1, -0.05) is 12.1 Å². The standard InChI is InChI=1S/C13H15FN2O/c14-9-6-4-8(5-7-9)13-12-10(15-16-13)2-1-3-11(12)17/h4-7,10,12-13,15-16H,1-3H2. The highest BCUT2D eigenvalue weighted by molar-refractivity contribution is 5.83. The molecule has 1 aliphatic carbocycles. The van der Waals surface area contributed by atoms with Gasteiger partial charge >= 0.3 is 0 Å². The van der Waals surface area contributed by atoms with Crippen LogP contribution in [0.15, 0.2) is 24.3 Å². The summed E-state index contributed by atoms with van der Waals surface area (Å²) in [6.07, 6.45) is 2.66. The maximum Gasteiger partial charge on any atom is 0.139 e. The molecule has 1 aromatic carbocycles. The zero-order chi connectivity index (χ0) is 11.8. The Morgan fingerprint density at radius 3 is 2.71 bits per heavy atom. The first-order valence-electron chi connectivity index (χ1n) is 6.05. The smallest absolute Gasteiger partial charge is 0.139 e. The van der Waals surface area contributed by atoms with E-state index in [-0.39, 0.29) is 23.8 Å². The Balaban J connectivity index is 1.88. The van der Waals surface area contributed by atoms with Crippen molar-refractivity contribution >= 4 is 5.78 Å². The molecular formula is C13H15FN2O. The zero-order valence-corrected chi connectivity index (χ0v) is 9.45. The molecule has 3 rings (SSSR count). The lowest BCUT2D eigenvalue weighted by Crippen LogP contribution is -2.36. The lowest BCUT2D eigenvalue weighted by Gasteiger charge is -2.26. The lowest BCUT2D eigenvalue weighted by atomic mass is 9.78. The molecule has 3 unspecified atom stereocenters. The number of rotatable bonds is 1. The van der Waals surface area contributed by atoms with Crippen LogP contribution in [-0.2, 0) is 4.79 Å². The van der Waals surface area contributed by atoms with Crippen molar-refractivity contribution in [2.75, 3.05) is 0 Å². The largest absolute Gasteiger partial charge is 0.299 e. The summed E-state index contributed by atoms with van der Waals surface area (Å²) in [6.45, 7) is 0. The van der Waals surface area contributed by atoms with E-state index >= 15 is 0 Å². The molecule has 1 saturated carbocycles. The second-order valence-electron chi connectivity index (χ2n) is 4.81. The summed E-state index contributed by atoms with van der Waals surface area (Å²) >= 11 is 0. The molecule has 0 bridgehead atoms. The minimum atomic E-state index is -0.244. The molecule has 0 spiro atoms. The van der Waals surface area contributed by atoms with Crippen LogP contribution in [0, 0.1) is 11.7 Å². The predicted octanol–water partition coefficient (Wildman–Crippen LogP) is 1.71. The van der Waals surface area contributed by atoms with Crippen LogP contribution in [-0.4, -0.2) is 11.8 Å². The fourth-order valence-corrected chi connectivity index (χ4v) is 2.89. The second-order valence-corrected chi connectivity index (χ2v) is 4.81. The van der Waals surface area contributed by atoms with Crippen LogP contribution >= 0.6 is 0 Å². The molecule has 0 amide bonds. The molecule has 2 fully saturated rings. The maximum atomic E-state index is 12.9. The van der Waals surface area contributed by atoms with Crippen molar-refractivity contribution in [3.8, 4) is 0 Å². The summed E-state index contributed by atoms with van der Waals surface area (Å²) in [5.74, 6) is 0.0634. The highest BCUT2D eigenvalue weighted by Crippen LogP contribution is 2.35. The monoisotopic (exact) mass is 234 g/mol. The van der Waals surface area contributed by atoms with Crippen molar-refractivity contribution in [3.63, 3.8) is 0 Å².